The van der Waals surface area contributed by atoms with Crippen molar-refractivity contribution in [1.29, 1.82) is 0 Å². The number of Topliss-reactive ketones (excluding diaryl/α,β-unsaturated/α-hetero) is 1. The number of benzene rings is 1. The fourth-order valence-electron chi connectivity index (χ4n) is 1.49. The van der Waals surface area contributed by atoms with Crippen molar-refractivity contribution in [2.45, 2.75) is 25.7 Å². The van der Waals surface area contributed by atoms with Gasteiger partial charge in [0, 0.05) is 23.8 Å². The topological polar surface area (TPSA) is 43.1 Å². The summed E-state index contributed by atoms with van der Waals surface area (Å²) in [5.41, 5.74) is 6.75. The Morgan fingerprint density at radius 2 is 2.00 bits per heavy atom. The van der Waals surface area contributed by atoms with Gasteiger partial charge in [-0.15, -0.1) is 0 Å². The summed E-state index contributed by atoms with van der Waals surface area (Å²) >= 11 is 5.79. The van der Waals surface area contributed by atoms with Gasteiger partial charge in [-0.05, 0) is 24.2 Å². The molecule has 0 fully saturated rings. The highest BCUT2D eigenvalue weighted by atomic mass is 35.5. The van der Waals surface area contributed by atoms with E-state index in [-0.39, 0.29) is 11.7 Å². The standard InChI is InChI=1S/C12H16ClNO/c1-2-12(15)7-10(8-14)9-3-5-11(13)6-4-9/h3-6,10H,2,7-8,14H2,1H3/t10-/m0/s1. The molecule has 0 saturated carbocycles. The lowest BCUT2D eigenvalue weighted by atomic mass is 9.93. The second-order valence-corrected chi connectivity index (χ2v) is 4.02. The van der Waals surface area contributed by atoms with Crippen LogP contribution in [-0.4, -0.2) is 12.3 Å². The molecule has 0 amide bonds. The van der Waals surface area contributed by atoms with Gasteiger partial charge in [0.25, 0.3) is 0 Å². The Balaban J connectivity index is 2.74. The Morgan fingerprint density at radius 1 is 1.40 bits per heavy atom. The Morgan fingerprint density at radius 3 is 2.47 bits per heavy atom. The van der Waals surface area contributed by atoms with E-state index in [1.807, 2.05) is 31.2 Å². The molecule has 0 unspecified atom stereocenters. The van der Waals surface area contributed by atoms with Crippen molar-refractivity contribution in [3.8, 4) is 0 Å². The first kappa shape index (κ1) is 12.2. The highest BCUT2D eigenvalue weighted by Gasteiger charge is 2.13. The smallest absolute Gasteiger partial charge is 0.133 e. The average Bonchev–Trinajstić information content (AvgIpc) is 2.27. The number of carbonyl (C=O) groups is 1. The largest absolute Gasteiger partial charge is 0.330 e. The molecule has 82 valence electrons. The Hall–Kier alpha value is -0.860. The first-order valence-corrected chi connectivity index (χ1v) is 5.52. The number of nitrogens with two attached hydrogens (primary N) is 1. The van der Waals surface area contributed by atoms with Crippen LogP contribution >= 0.6 is 11.6 Å². The monoisotopic (exact) mass is 225 g/mol. The summed E-state index contributed by atoms with van der Waals surface area (Å²) in [4.78, 5) is 11.3. The maximum Gasteiger partial charge on any atom is 0.133 e. The van der Waals surface area contributed by atoms with Gasteiger partial charge < -0.3 is 5.73 Å². The Bertz CT molecular complexity index is 321. The number of halogens is 1. The number of carbonyl (C=O) groups excluding carboxylic acids is 1. The van der Waals surface area contributed by atoms with Crippen molar-refractivity contribution in [3.63, 3.8) is 0 Å². The lowest BCUT2D eigenvalue weighted by Gasteiger charge is -2.13. The zero-order valence-electron chi connectivity index (χ0n) is 8.87. The van der Waals surface area contributed by atoms with Crippen LogP contribution in [0.4, 0.5) is 0 Å². The van der Waals surface area contributed by atoms with Crippen LogP contribution in [0.1, 0.15) is 31.2 Å². The highest BCUT2D eigenvalue weighted by Crippen LogP contribution is 2.21. The molecule has 1 atom stereocenters. The minimum Gasteiger partial charge on any atom is -0.330 e. The van der Waals surface area contributed by atoms with Gasteiger partial charge in [0.2, 0.25) is 0 Å². The summed E-state index contributed by atoms with van der Waals surface area (Å²) in [6, 6.07) is 7.53. The first-order valence-electron chi connectivity index (χ1n) is 5.14. The predicted molar refractivity (Wildman–Crippen MR) is 63.2 cm³/mol. The van der Waals surface area contributed by atoms with E-state index in [1.165, 1.54) is 0 Å². The molecule has 0 aliphatic carbocycles. The zero-order chi connectivity index (χ0) is 11.3. The maximum atomic E-state index is 11.3. The van der Waals surface area contributed by atoms with Gasteiger partial charge in [-0.25, -0.2) is 0 Å². The molecule has 0 aliphatic heterocycles. The molecule has 2 nitrogen and oxygen atoms in total. The molecule has 1 aromatic rings. The lowest BCUT2D eigenvalue weighted by molar-refractivity contribution is -0.119. The quantitative estimate of drug-likeness (QED) is 0.838. The van der Waals surface area contributed by atoms with Gasteiger partial charge >= 0.3 is 0 Å². The molecule has 0 heterocycles. The summed E-state index contributed by atoms with van der Waals surface area (Å²) in [5, 5.41) is 0.705. The third kappa shape index (κ3) is 3.65. The summed E-state index contributed by atoms with van der Waals surface area (Å²) in [7, 11) is 0. The summed E-state index contributed by atoms with van der Waals surface area (Å²) < 4.78 is 0. The van der Waals surface area contributed by atoms with Crippen LogP contribution < -0.4 is 5.73 Å². The number of rotatable bonds is 5. The van der Waals surface area contributed by atoms with Crippen LogP contribution in [0.3, 0.4) is 0 Å². The maximum absolute atomic E-state index is 11.3. The Kier molecular flexibility index (Phi) is 4.79. The van der Waals surface area contributed by atoms with E-state index in [0.29, 0.717) is 24.4 Å². The van der Waals surface area contributed by atoms with Crippen LogP contribution in [0.25, 0.3) is 0 Å². The van der Waals surface area contributed by atoms with Crippen molar-refractivity contribution in [3.05, 3.63) is 34.9 Å². The van der Waals surface area contributed by atoms with Crippen molar-refractivity contribution in [1.82, 2.24) is 0 Å². The van der Waals surface area contributed by atoms with Gasteiger partial charge in [-0.3, -0.25) is 4.79 Å². The van der Waals surface area contributed by atoms with E-state index in [4.69, 9.17) is 17.3 Å². The summed E-state index contributed by atoms with van der Waals surface area (Å²) in [6.45, 7) is 2.37. The second-order valence-electron chi connectivity index (χ2n) is 3.58. The van der Waals surface area contributed by atoms with Crippen LogP contribution in [0.5, 0.6) is 0 Å². The fourth-order valence-corrected chi connectivity index (χ4v) is 1.62. The van der Waals surface area contributed by atoms with Crippen molar-refractivity contribution >= 4 is 17.4 Å². The number of ketones is 1. The normalized spacial score (nSPS) is 12.5. The number of hydrogen-bond donors (Lipinski definition) is 1. The fraction of sp³-hybridized carbons (Fsp3) is 0.417. The van der Waals surface area contributed by atoms with E-state index in [2.05, 4.69) is 0 Å². The molecule has 0 aromatic heterocycles. The van der Waals surface area contributed by atoms with Crippen molar-refractivity contribution in [2.24, 2.45) is 5.73 Å². The van der Waals surface area contributed by atoms with Crippen LogP contribution in [0.2, 0.25) is 5.02 Å². The SMILES string of the molecule is CCC(=O)C[C@@H](CN)c1ccc(Cl)cc1. The van der Waals surface area contributed by atoms with Crippen LogP contribution in [-0.2, 0) is 4.79 Å². The molecule has 0 bridgehead atoms. The molecular weight excluding hydrogens is 210 g/mol. The van der Waals surface area contributed by atoms with E-state index in [0.717, 1.165) is 5.56 Å². The van der Waals surface area contributed by atoms with E-state index in [9.17, 15) is 4.79 Å². The molecule has 0 aliphatic rings. The Labute approximate surface area is 95.4 Å². The van der Waals surface area contributed by atoms with Crippen molar-refractivity contribution < 1.29 is 4.79 Å². The predicted octanol–water partition coefficient (Wildman–Crippen LogP) is 2.75. The zero-order valence-corrected chi connectivity index (χ0v) is 9.63. The first-order chi connectivity index (χ1) is 7.17. The van der Waals surface area contributed by atoms with Crippen molar-refractivity contribution in [2.75, 3.05) is 6.54 Å². The van der Waals surface area contributed by atoms with Gasteiger partial charge in [-0.1, -0.05) is 30.7 Å². The third-order valence-electron chi connectivity index (χ3n) is 2.49. The van der Waals surface area contributed by atoms with Crippen LogP contribution in [0.15, 0.2) is 24.3 Å². The van der Waals surface area contributed by atoms with E-state index < -0.39 is 0 Å². The van der Waals surface area contributed by atoms with Gasteiger partial charge in [0.05, 0.1) is 0 Å². The third-order valence-corrected chi connectivity index (χ3v) is 2.75. The van der Waals surface area contributed by atoms with Gasteiger partial charge in [-0.2, -0.15) is 0 Å². The minimum atomic E-state index is 0.120. The van der Waals surface area contributed by atoms with Crippen LogP contribution in [0, 0.1) is 0 Å². The summed E-state index contributed by atoms with van der Waals surface area (Å²) in [5.74, 6) is 0.370. The minimum absolute atomic E-state index is 0.120. The molecule has 1 aromatic carbocycles. The molecule has 3 heteroatoms. The number of hydrogen-bond acceptors (Lipinski definition) is 2. The molecular formula is C12H16ClNO. The van der Waals surface area contributed by atoms with E-state index in [1.54, 1.807) is 0 Å². The lowest BCUT2D eigenvalue weighted by Crippen LogP contribution is -2.16. The molecule has 0 saturated heterocycles. The highest BCUT2D eigenvalue weighted by molar-refractivity contribution is 6.30. The summed E-state index contributed by atoms with van der Waals surface area (Å²) in [6.07, 6.45) is 1.10. The average molecular weight is 226 g/mol. The van der Waals surface area contributed by atoms with E-state index >= 15 is 0 Å². The molecule has 15 heavy (non-hydrogen) atoms. The second kappa shape index (κ2) is 5.89. The molecule has 2 N–H and O–H groups in total. The molecule has 0 radical (unpaired) electrons. The van der Waals surface area contributed by atoms with Gasteiger partial charge in [0.1, 0.15) is 5.78 Å². The molecule has 0 spiro atoms. The van der Waals surface area contributed by atoms with Gasteiger partial charge in [0.15, 0.2) is 0 Å². The molecule has 1 rings (SSSR count).